The van der Waals surface area contributed by atoms with Gasteiger partial charge in [0.25, 0.3) is 11.5 Å². The molecule has 3 aromatic rings. The summed E-state index contributed by atoms with van der Waals surface area (Å²) in [5, 5.41) is 7.38. The minimum Gasteiger partial charge on any atom is -0.378 e. The van der Waals surface area contributed by atoms with Crippen molar-refractivity contribution in [1.29, 1.82) is 0 Å². The molecule has 0 saturated carbocycles. The first kappa shape index (κ1) is 26.6. The van der Waals surface area contributed by atoms with Crippen LogP contribution < -0.4 is 15.8 Å². The highest BCUT2D eigenvalue weighted by atomic mass is 32.2. The highest BCUT2D eigenvalue weighted by Crippen LogP contribution is 2.30. The second kappa shape index (κ2) is 10.1. The zero-order valence-electron chi connectivity index (χ0n) is 21.7. The Labute approximate surface area is 217 Å². The Hall–Kier alpha value is -3.50. The first-order valence-electron chi connectivity index (χ1n) is 12.0. The molecule has 0 aliphatic carbocycles. The van der Waals surface area contributed by atoms with Crippen molar-refractivity contribution in [1.82, 2.24) is 9.78 Å². The van der Waals surface area contributed by atoms with Crippen LogP contribution in [0, 0.1) is 6.92 Å². The van der Waals surface area contributed by atoms with Gasteiger partial charge in [-0.3, -0.25) is 9.59 Å². The number of aryl methyl sites for hydroxylation is 2. The Bertz CT molecular complexity index is 1510. The molecular weight excluding hydrogens is 492 g/mol. The Balaban J connectivity index is 1.65. The molecule has 1 aliphatic rings. The van der Waals surface area contributed by atoms with Crippen LogP contribution in [-0.4, -0.2) is 56.7 Å². The summed E-state index contributed by atoms with van der Waals surface area (Å²) in [4.78, 5) is 27.9. The summed E-state index contributed by atoms with van der Waals surface area (Å²) in [7, 11) is -1.76. The van der Waals surface area contributed by atoms with Crippen molar-refractivity contribution in [3.63, 3.8) is 0 Å². The van der Waals surface area contributed by atoms with E-state index in [0.29, 0.717) is 54.5 Å². The van der Waals surface area contributed by atoms with Gasteiger partial charge in [0.2, 0.25) is 0 Å². The fourth-order valence-corrected chi connectivity index (χ4v) is 4.74. The van der Waals surface area contributed by atoms with Crippen molar-refractivity contribution < 1.29 is 17.9 Å². The van der Waals surface area contributed by atoms with E-state index in [0.717, 1.165) is 11.1 Å². The molecule has 1 N–H and O–H groups in total. The molecule has 196 valence electrons. The van der Waals surface area contributed by atoms with E-state index in [1.807, 2.05) is 24.0 Å². The summed E-state index contributed by atoms with van der Waals surface area (Å²) in [6.07, 6.45) is 1.19. The van der Waals surface area contributed by atoms with Crippen molar-refractivity contribution in [2.75, 3.05) is 42.8 Å². The molecule has 10 heteroatoms. The van der Waals surface area contributed by atoms with Gasteiger partial charge in [-0.25, -0.2) is 13.1 Å². The lowest BCUT2D eigenvalue weighted by Gasteiger charge is -2.28. The van der Waals surface area contributed by atoms with Gasteiger partial charge in [0.05, 0.1) is 23.7 Å². The SMILES string of the molecule is Cc1ccc(NC(=O)c2cccc(C(C)(C)S(C)(=O)=O)c2)cc1-c1cc(N2CCOCC2)c(=O)n(C)n1. The predicted octanol–water partition coefficient (Wildman–Crippen LogP) is 3.12. The molecule has 2 heterocycles. The van der Waals surface area contributed by atoms with Crippen LogP contribution in [0.5, 0.6) is 0 Å². The number of nitrogens with zero attached hydrogens (tertiary/aromatic N) is 3. The van der Waals surface area contributed by atoms with Gasteiger partial charge in [0, 0.05) is 43.2 Å². The number of sulfone groups is 1. The summed E-state index contributed by atoms with van der Waals surface area (Å²) in [5.74, 6) is -0.358. The highest BCUT2D eigenvalue weighted by Gasteiger charge is 2.32. The van der Waals surface area contributed by atoms with Crippen molar-refractivity contribution in [2.24, 2.45) is 7.05 Å². The third-order valence-corrected chi connectivity index (χ3v) is 9.00. The van der Waals surface area contributed by atoms with Crippen LogP contribution in [0.2, 0.25) is 0 Å². The standard InChI is InChI=1S/C27H32N4O5S/c1-18-9-10-21(28-25(32)19-7-6-8-20(15-19)27(2,3)37(5,34)35)16-22(18)23-17-24(26(33)30(4)29-23)31-11-13-36-14-12-31/h6-10,15-17H,11-14H2,1-5H3,(H,28,32). The number of ether oxygens (including phenoxy) is 1. The van der Waals surface area contributed by atoms with Crippen molar-refractivity contribution in [3.05, 3.63) is 75.6 Å². The fraction of sp³-hybridized carbons (Fsp3) is 0.370. The number of aromatic nitrogens is 2. The average molecular weight is 525 g/mol. The number of carbonyl (C=O) groups excluding carboxylic acids is 1. The van der Waals surface area contributed by atoms with E-state index in [9.17, 15) is 18.0 Å². The Morgan fingerprint density at radius 2 is 1.78 bits per heavy atom. The molecule has 4 rings (SSSR count). The smallest absolute Gasteiger partial charge is 0.290 e. The summed E-state index contributed by atoms with van der Waals surface area (Å²) >= 11 is 0. The van der Waals surface area contributed by atoms with Crippen LogP contribution in [0.4, 0.5) is 11.4 Å². The van der Waals surface area contributed by atoms with Crippen molar-refractivity contribution in [2.45, 2.75) is 25.5 Å². The third kappa shape index (κ3) is 5.45. The monoisotopic (exact) mass is 524 g/mol. The zero-order chi connectivity index (χ0) is 27.0. The first-order valence-corrected chi connectivity index (χ1v) is 13.9. The van der Waals surface area contributed by atoms with Gasteiger partial charge in [0.15, 0.2) is 9.84 Å². The van der Waals surface area contributed by atoms with Gasteiger partial charge >= 0.3 is 0 Å². The second-order valence-electron chi connectivity index (χ2n) is 9.79. The normalized spacial score (nSPS) is 14.5. The number of carbonyl (C=O) groups is 1. The van der Waals surface area contributed by atoms with E-state index in [-0.39, 0.29) is 11.5 Å². The van der Waals surface area contributed by atoms with E-state index in [4.69, 9.17) is 4.74 Å². The van der Waals surface area contributed by atoms with Gasteiger partial charge in [0.1, 0.15) is 5.69 Å². The fourth-order valence-electron chi connectivity index (χ4n) is 4.18. The molecule has 0 radical (unpaired) electrons. The van der Waals surface area contributed by atoms with Crippen molar-refractivity contribution >= 4 is 27.1 Å². The van der Waals surface area contributed by atoms with Crippen LogP contribution in [0.15, 0.2) is 53.3 Å². The summed E-state index contributed by atoms with van der Waals surface area (Å²) in [5.41, 5.74) is 4.18. The molecule has 1 saturated heterocycles. The van der Waals surface area contributed by atoms with Crippen LogP contribution in [0.3, 0.4) is 0 Å². The quantitative estimate of drug-likeness (QED) is 0.527. The Morgan fingerprint density at radius 1 is 1.08 bits per heavy atom. The number of hydrogen-bond acceptors (Lipinski definition) is 7. The molecule has 0 atom stereocenters. The zero-order valence-corrected chi connectivity index (χ0v) is 22.6. The molecule has 0 bridgehead atoms. The number of hydrogen-bond donors (Lipinski definition) is 1. The van der Waals surface area contributed by atoms with Crippen LogP contribution >= 0.6 is 0 Å². The molecule has 1 fully saturated rings. The number of benzene rings is 2. The number of amides is 1. The molecule has 1 amide bonds. The van der Waals surface area contributed by atoms with E-state index in [2.05, 4.69) is 10.4 Å². The molecular formula is C27H32N4O5S. The maximum absolute atomic E-state index is 13.1. The van der Waals surface area contributed by atoms with Gasteiger partial charge in [-0.05, 0) is 62.2 Å². The predicted molar refractivity (Wildman–Crippen MR) is 145 cm³/mol. The molecule has 9 nitrogen and oxygen atoms in total. The molecule has 0 spiro atoms. The van der Waals surface area contributed by atoms with Crippen LogP contribution in [-0.2, 0) is 26.4 Å². The van der Waals surface area contributed by atoms with E-state index in [1.54, 1.807) is 57.3 Å². The van der Waals surface area contributed by atoms with Gasteiger partial charge in [-0.1, -0.05) is 18.2 Å². The maximum Gasteiger partial charge on any atom is 0.290 e. The number of rotatable bonds is 6. The van der Waals surface area contributed by atoms with Gasteiger partial charge < -0.3 is 15.0 Å². The van der Waals surface area contributed by atoms with Gasteiger partial charge in [-0.15, -0.1) is 0 Å². The molecule has 1 aromatic heterocycles. The topological polar surface area (TPSA) is 111 Å². The molecule has 1 aliphatic heterocycles. The summed E-state index contributed by atoms with van der Waals surface area (Å²) in [6.45, 7) is 7.56. The molecule has 37 heavy (non-hydrogen) atoms. The Morgan fingerprint density at radius 3 is 2.46 bits per heavy atom. The number of nitrogens with one attached hydrogen (secondary N) is 1. The largest absolute Gasteiger partial charge is 0.378 e. The van der Waals surface area contributed by atoms with Crippen LogP contribution in [0.1, 0.15) is 35.3 Å². The van der Waals surface area contributed by atoms with Crippen molar-refractivity contribution in [3.8, 4) is 11.3 Å². The maximum atomic E-state index is 13.1. The van der Waals surface area contributed by atoms with E-state index in [1.165, 1.54) is 10.9 Å². The third-order valence-electron chi connectivity index (χ3n) is 6.91. The summed E-state index contributed by atoms with van der Waals surface area (Å²) < 4.78 is 30.1. The Kier molecular flexibility index (Phi) is 7.25. The lowest BCUT2D eigenvalue weighted by molar-refractivity contribution is 0.102. The molecule has 2 aromatic carbocycles. The van der Waals surface area contributed by atoms with E-state index >= 15 is 0 Å². The lowest BCUT2D eigenvalue weighted by Crippen LogP contribution is -2.40. The average Bonchev–Trinajstić information content (AvgIpc) is 2.86. The lowest BCUT2D eigenvalue weighted by atomic mass is 9.99. The minimum atomic E-state index is -3.39. The van der Waals surface area contributed by atoms with E-state index < -0.39 is 14.6 Å². The second-order valence-corrected chi connectivity index (χ2v) is 12.4. The number of morpholine rings is 1. The summed E-state index contributed by atoms with van der Waals surface area (Å²) in [6, 6.07) is 13.9. The van der Waals surface area contributed by atoms with Crippen LogP contribution in [0.25, 0.3) is 11.3 Å². The first-order chi connectivity index (χ1) is 17.4. The molecule has 0 unspecified atom stereocenters. The van der Waals surface area contributed by atoms with Gasteiger partial charge in [-0.2, -0.15) is 5.10 Å². The highest BCUT2D eigenvalue weighted by molar-refractivity contribution is 7.91. The minimum absolute atomic E-state index is 0.176. The number of anilines is 2.